The van der Waals surface area contributed by atoms with Gasteiger partial charge in [-0.2, -0.15) is 0 Å². The highest BCUT2D eigenvalue weighted by Crippen LogP contribution is 2.31. The van der Waals surface area contributed by atoms with Gasteiger partial charge in [0.05, 0.1) is 24.3 Å². The predicted molar refractivity (Wildman–Crippen MR) is 116 cm³/mol. The third kappa shape index (κ3) is 6.40. The van der Waals surface area contributed by atoms with Gasteiger partial charge in [0.1, 0.15) is 5.82 Å². The number of ether oxygens (including phenoxy) is 2. The van der Waals surface area contributed by atoms with Crippen LogP contribution in [0.3, 0.4) is 0 Å². The largest absolute Gasteiger partial charge is 0.381 e. The molecule has 3 rings (SSSR count). The van der Waals surface area contributed by atoms with Crippen LogP contribution in [0.15, 0.2) is 18.2 Å². The summed E-state index contributed by atoms with van der Waals surface area (Å²) < 4.78 is 25.5. The summed E-state index contributed by atoms with van der Waals surface area (Å²) in [6.07, 6.45) is 0.968. The van der Waals surface area contributed by atoms with Gasteiger partial charge in [-0.15, -0.1) is 24.8 Å². The van der Waals surface area contributed by atoms with Crippen LogP contribution in [0.5, 0.6) is 0 Å². The van der Waals surface area contributed by atoms with Crippen molar-refractivity contribution in [1.82, 2.24) is 10.2 Å². The molecule has 0 radical (unpaired) electrons. The molecule has 0 saturated carbocycles. The number of amides is 1. The van der Waals surface area contributed by atoms with Crippen LogP contribution in [0.2, 0.25) is 5.02 Å². The molecule has 0 spiro atoms. The summed E-state index contributed by atoms with van der Waals surface area (Å²) in [5.74, 6) is -0.612. The van der Waals surface area contributed by atoms with Crippen molar-refractivity contribution in [3.05, 3.63) is 34.6 Å². The lowest BCUT2D eigenvalue weighted by molar-refractivity contribution is -0.130. The number of benzene rings is 1. The molecular weight excluding hydrogens is 444 g/mol. The molecule has 1 aromatic rings. The van der Waals surface area contributed by atoms with Crippen LogP contribution in [-0.4, -0.2) is 61.9 Å². The normalized spacial score (nSPS) is 22.7. The van der Waals surface area contributed by atoms with E-state index in [2.05, 4.69) is 10.2 Å². The van der Waals surface area contributed by atoms with Crippen molar-refractivity contribution in [3.63, 3.8) is 0 Å². The molecule has 2 saturated heterocycles. The van der Waals surface area contributed by atoms with Crippen LogP contribution in [0, 0.1) is 5.82 Å². The predicted octanol–water partition coefficient (Wildman–Crippen LogP) is 2.71. The second-order valence-electron chi connectivity index (χ2n) is 7.31. The number of nitrogens with two attached hydrogens (primary N) is 1. The minimum atomic E-state index is -0.944. The van der Waals surface area contributed by atoms with Gasteiger partial charge in [0.15, 0.2) is 0 Å². The molecule has 0 bridgehead atoms. The van der Waals surface area contributed by atoms with Crippen LogP contribution < -0.4 is 11.1 Å². The van der Waals surface area contributed by atoms with E-state index in [1.165, 1.54) is 6.07 Å². The first-order valence-corrected chi connectivity index (χ1v) is 9.73. The summed E-state index contributed by atoms with van der Waals surface area (Å²) in [5, 5.41) is 3.28. The molecule has 2 aliphatic heterocycles. The number of hydrogen-bond donors (Lipinski definition) is 2. The van der Waals surface area contributed by atoms with Crippen molar-refractivity contribution < 1.29 is 18.7 Å². The van der Waals surface area contributed by atoms with E-state index in [9.17, 15) is 9.18 Å². The molecule has 166 valence electrons. The van der Waals surface area contributed by atoms with E-state index in [1.54, 1.807) is 12.1 Å². The van der Waals surface area contributed by atoms with Gasteiger partial charge in [-0.1, -0.05) is 17.7 Å². The maximum atomic E-state index is 14.6. The van der Waals surface area contributed by atoms with Crippen molar-refractivity contribution in [1.29, 1.82) is 0 Å². The fourth-order valence-corrected chi connectivity index (χ4v) is 3.99. The minimum absolute atomic E-state index is 0. The molecular formula is C19H29Cl3FN3O3. The number of rotatable bonds is 5. The summed E-state index contributed by atoms with van der Waals surface area (Å²) in [6, 6.07) is 4.25. The molecule has 29 heavy (non-hydrogen) atoms. The molecule has 2 atom stereocenters. The van der Waals surface area contributed by atoms with Crippen molar-refractivity contribution in [2.75, 3.05) is 39.5 Å². The molecule has 2 fully saturated rings. The number of halogens is 4. The minimum Gasteiger partial charge on any atom is -0.381 e. The molecule has 3 N–H and O–H groups in total. The SMILES string of the molecule is CC1CN(C(CNC(=O)C2(N)CCOCC2)c2c(F)cccc2Cl)CCO1.Cl.Cl. The molecule has 1 amide bonds. The van der Waals surface area contributed by atoms with Crippen LogP contribution in [-0.2, 0) is 14.3 Å². The Balaban J connectivity index is 0.00000210. The second kappa shape index (κ2) is 11.6. The summed E-state index contributed by atoms with van der Waals surface area (Å²) in [7, 11) is 0. The van der Waals surface area contributed by atoms with Crippen molar-refractivity contribution >= 4 is 42.3 Å². The number of nitrogens with zero attached hydrogens (tertiary/aromatic N) is 1. The van der Waals surface area contributed by atoms with E-state index >= 15 is 0 Å². The van der Waals surface area contributed by atoms with Gasteiger partial charge >= 0.3 is 0 Å². The molecule has 10 heteroatoms. The van der Waals surface area contributed by atoms with E-state index in [4.69, 9.17) is 26.8 Å². The van der Waals surface area contributed by atoms with Crippen LogP contribution in [0.4, 0.5) is 4.39 Å². The van der Waals surface area contributed by atoms with E-state index in [0.29, 0.717) is 56.3 Å². The maximum Gasteiger partial charge on any atom is 0.240 e. The number of carbonyl (C=O) groups excluding carboxylic acids is 1. The van der Waals surface area contributed by atoms with Gasteiger partial charge in [0.25, 0.3) is 0 Å². The Morgan fingerprint density at radius 3 is 2.69 bits per heavy atom. The zero-order chi connectivity index (χ0) is 19.4. The number of morpholine rings is 1. The third-order valence-electron chi connectivity index (χ3n) is 5.34. The Kier molecular flexibility index (Phi) is 10.6. The highest BCUT2D eigenvalue weighted by Gasteiger charge is 2.37. The van der Waals surface area contributed by atoms with Crippen molar-refractivity contribution in [2.24, 2.45) is 5.73 Å². The fraction of sp³-hybridized carbons (Fsp3) is 0.632. The number of carbonyl (C=O) groups is 1. The van der Waals surface area contributed by atoms with Gasteiger partial charge in [0.2, 0.25) is 5.91 Å². The standard InChI is InChI=1S/C19H27ClFN3O3.2ClH/c1-13-12-24(7-10-27-13)16(17-14(20)3-2-4-15(17)21)11-23-18(25)19(22)5-8-26-9-6-19;;/h2-4,13,16H,5-12,22H2,1H3,(H,23,25);2*1H. The number of hydrogen-bond acceptors (Lipinski definition) is 5. The van der Waals surface area contributed by atoms with Crippen molar-refractivity contribution in [2.45, 2.75) is 37.5 Å². The van der Waals surface area contributed by atoms with Crippen LogP contribution in [0.1, 0.15) is 31.4 Å². The lowest BCUT2D eigenvalue weighted by atomic mass is 9.90. The van der Waals surface area contributed by atoms with Crippen LogP contribution in [0.25, 0.3) is 0 Å². The highest BCUT2D eigenvalue weighted by molar-refractivity contribution is 6.31. The quantitative estimate of drug-likeness (QED) is 0.689. The zero-order valence-electron chi connectivity index (χ0n) is 16.4. The molecule has 0 aliphatic carbocycles. The zero-order valence-corrected chi connectivity index (χ0v) is 18.8. The molecule has 6 nitrogen and oxygen atoms in total. The average molecular weight is 473 g/mol. The van der Waals surface area contributed by atoms with Gasteiger partial charge in [-0.25, -0.2) is 4.39 Å². The Morgan fingerprint density at radius 1 is 1.38 bits per heavy atom. The Hall–Kier alpha value is -0.670. The van der Waals surface area contributed by atoms with Crippen molar-refractivity contribution in [3.8, 4) is 0 Å². The van der Waals surface area contributed by atoms with Gasteiger partial charge in [-0.3, -0.25) is 9.69 Å². The summed E-state index contributed by atoms with van der Waals surface area (Å²) in [6.45, 7) is 4.95. The fourth-order valence-electron chi connectivity index (χ4n) is 3.70. The lowest BCUT2D eigenvalue weighted by Gasteiger charge is -2.39. The number of nitrogens with one attached hydrogen (secondary N) is 1. The monoisotopic (exact) mass is 471 g/mol. The van der Waals surface area contributed by atoms with E-state index < -0.39 is 11.6 Å². The van der Waals surface area contributed by atoms with Gasteiger partial charge in [-0.05, 0) is 31.9 Å². The molecule has 1 aromatic carbocycles. The summed E-state index contributed by atoms with van der Waals surface area (Å²) in [5.41, 5.74) is 5.71. The summed E-state index contributed by atoms with van der Waals surface area (Å²) >= 11 is 6.32. The molecule has 2 heterocycles. The first kappa shape index (κ1) is 26.4. The smallest absolute Gasteiger partial charge is 0.240 e. The average Bonchev–Trinajstić information content (AvgIpc) is 2.64. The Bertz CT molecular complexity index is 657. The van der Waals surface area contributed by atoms with Gasteiger partial charge in [0, 0.05) is 43.4 Å². The topological polar surface area (TPSA) is 76.8 Å². The first-order chi connectivity index (χ1) is 12.9. The van der Waals surface area contributed by atoms with E-state index in [1.807, 2.05) is 6.92 Å². The third-order valence-corrected chi connectivity index (χ3v) is 5.67. The van der Waals surface area contributed by atoms with E-state index in [-0.39, 0.29) is 49.2 Å². The molecule has 0 aromatic heterocycles. The second-order valence-corrected chi connectivity index (χ2v) is 7.71. The van der Waals surface area contributed by atoms with Gasteiger partial charge < -0.3 is 20.5 Å². The summed E-state index contributed by atoms with van der Waals surface area (Å²) in [4.78, 5) is 14.8. The Morgan fingerprint density at radius 2 is 2.07 bits per heavy atom. The van der Waals surface area contributed by atoms with Crippen LogP contribution >= 0.6 is 36.4 Å². The Labute approximate surface area is 188 Å². The maximum absolute atomic E-state index is 14.6. The lowest BCUT2D eigenvalue weighted by Crippen LogP contribution is -2.58. The molecule has 2 aliphatic rings. The highest BCUT2D eigenvalue weighted by atomic mass is 35.5. The van der Waals surface area contributed by atoms with E-state index in [0.717, 1.165) is 0 Å². The molecule has 2 unspecified atom stereocenters. The first-order valence-electron chi connectivity index (χ1n) is 9.35.